The number of ether oxygens (including phenoxy) is 3. The SMILES string of the molecule is COC(=O)C(Cc1ccccc1)NC(=O)COC(=O)c1ccccc1Oc1ccccc1. The van der Waals surface area contributed by atoms with Crippen LogP contribution in [0, 0.1) is 0 Å². The second-order valence-corrected chi connectivity index (χ2v) is 6.82. The summed E-state index contributed by atoms with van der Waals surface area (Å²) < 4.78 is 15.7. The number of hydrogen-bond acceptors (Lipinski definition) is 6. The molecular weight excluding hydrogens is 410 g/mol. The van der Waals surface area contributed by atoms with Crippen molar-refractivity contribution in [2.45, 2.75) is 12.5 Å². The fourth-order valence-electron chi connectivity index (χ4n) is 2.97. The van der Waals surface area contributed by atoms with Gasteiger partial charge in [-0.15, -0.1) is 0 Å². The summed E-state index contributed by atoms with van der Waals surface area (Å²) in [5.74, 6) is -1.06. The minimum absolute atomic E-state index is 0.179. The smallest absolute Gasteiger partial charge is 0.342 e. The molecule has 0 saturated carbocycles. The molecule has 7 nitrogen and oxygen atoms in total. The van der Waals surface area contributed by atoms with E-state index in [1.165, 1.54) is 7.11 Å². The molecule has 1 N–H and O–H groups in total. The zero-order chi connectivity index (χ0) is 22.8. The van der Waals surface area contributed by atoms with E-state index in [-0.39, 0.29) is 12.0 Å². The Hall–Kier alpha value is -4.13. The lowest BCUT2D eigenvalue weighted by atomic mass is 10.1. The third kappa shape index (κ3) is 6.43. The summed E-state index contributed by atoms with van der Waals surface area (Å²) in [5, 5.41) is 2.56. The summed E-state index contributed by atoms with van der Waals surface area (Å²) in [7, 11) is 1.25. The van der Waals surface area contributed by atoms with Crippen LogP contribution in [0.15, 0.2) is 84.9 Å². The van der Waals surface area contributed by atoms with E-state index in [9.17, 15) is 14.4 Å². The first kappa shape index (κ1) is 22.6. The molecule has 32 heavy (non-hydrogen) atoms. The Morgan fingerprint density at radius 3 is 2.16 bits per heavy atom. The lowest BCUT2D eigenvalue weighted by molar-refractivity contribution is -0.145. The quantitative estimate of drug-likeness (QED) is 0.519. The highest BCUT2D eigenvalue weighted by Crippen LogP contribution is 2.25. The molecule has 164 valence electrons. The molecule has 0 bridgehead atoms. The van der Waals surface area contributed by atoms with Crippen molar-refractivity contribution in [1.29, 1.82) is 0 Å². The van der Waals surface area contributed by atoms with Gasteiger partial charge in [0.2, 0.25) is 0 Å². The molecule has 0 spiro atoms. The van der Waals surface area contributed by atoms with Crippen LogP contribution >= 0.6 is 0 Å². The highest BCUT2D eigenvalue weighted by molar-refractivity contribution is 5.94. The van der Waals surface area contributed by atoms with Crippen molar-refractivity contribution >= 4 is 17.8 Å². The monoisotopic (exact) mass is 433 g/mol. The van der Waals surface area contributed by atoms with Crippen LogP contribution in [0.3, 0.4) is 0 Å². The molecule has 3 aromatic carbocycles. The van der Waals surface area contributed by atoms with E-state index in [1.807, 2.05) is 48.5 Å². The fraction of sp³-hybridized carbons (Fsp3) is 0.160. The van der Waals surface area contributed by atoms with Crippen molar-refractivity contribution in [3.05, 3.63) is 96.1 Å². The number of nitrogens with one attached hydrogen (secondary N) is 1. The summed E-state index contributed by atoms with van der Waals surface area (Å²) in [6.07, 6.45) is 0.251. The largest absolute Gasteiger partial charge is 0.467 e. The van der Waals surface area contributed by atoms with Crippen LogP contribution in [-0.4, -0.2) is 37.6 Å². The second kappa shape index (κ2) is 11.3. The number of benzene rings is 3. The number of para-hydroxylation sites is 2. The van der Waals surface area contributed by atoms with Gasteiger partial charge >= 0.3 is 11.9 Å². The van der Waals surface area contributed by atoms with Crippen LogP contribution in [0.5, 0.6) is 11.5 Å². The number of esters is 2. The maximum atomic E-state index is 12.6. The molecule has 3 aromatic rings. The molecule has 0 aliphatic carbocycles. The van der Waals surface area contributed by atoms with Crippen molar-refractivity contribution in [2.75, 3.05) is 13.7 Å². The van der Waals surface area contributed by atoms with Crippen molar-refractivity contribution in [3.63, 3.8) is 0 Å². The van der Waals surface area contributed by atoms with Gasteiger partial charge in [0.15, 0.2) is 6.61 Å². The lowest BCUT2D eigenvalue weighted by Gasteiger charge is -2.17. The molecule has 0 aromatic heterocycles. The first-order valence-corrected chi connectivity index (χ1v) is 9.97. The van der Waals surface area contributed by atoms with Gasteiger partial charge in [0.1, 0.15) is 23.1 Å². The van der Waals surface area contributed by atoms with E-state index < -0.39 is 30.5 Å². The minimum atomic E-state index is -0.901. The Morgan fingerprint density at radius 1 is 0.844 bits per heavy atom. The number of hydrogen-bond donors (Lipinski definition) is 1. The standard InChI is InChI=1S/C25H23NO6/c1-30-25(29)21(16-18-10-4-2-5-11-18)26-23(27)17-31-24(28)20-14-8-9-15-22(20)32-19-12-6-3-7-13-19/h2-15,21H,16-17H2,1H3,(H,26,27). The van der Waals surface area contributed by atoms with E-state index in [1.54, 1.807) is 36.4 Å². The Kier molecular flexibility index (Phi) is 7.97. The normalized spacial score (nSPS) is 11.2. The van der Waals surface area contributed by atoms with Crippen LogP contribution in [0.1, 0.15) is 15.9 Å². The van der Waals surface area contributed by atoms with Crippen molar-refractivity contribution in [2.24, 2.45) is 0 Å². The van der Waals surface area contributed by atoms with Gasteiger partial charge in [-0.3, -0.25) is 4.79 Å². The first-order valence-electron chi connectivity index (χ1n) is 9.97. The van der Waals surface area contributed by atoms with Crippen LogP contribution < -0.4 is 10.1 Å². The fourth-order valence-corrected chi connectivity index (χ4v) is 2.97. The third-order valence-corrected chi connectivity index (χ3v) is 4.52. The molecule has 0 saturated heterocycles. The second-order valence-electron chi connectivity index (χ2n) is 6.82. The maximum absolute atomic E-state index is 12.6. The van der Waals surface area contributed by atoms with E-state index >= 15 is 0 Å². The topological polar surface area (TPSA) is 90.9 Å². The molecule has 0 aliphatic rings. The number of rotatable bonds is 9. The maximum Gasteiger partial charge on any atom is 0.342 e. The van der Waals surface area contributed by atoms with Gasteiger partial charge in [-0.1, -0.05) is 60.7 Å². The van der Waals surface area contributed by atoms with Gasteiger partial charge in [-0.2, -0.15) is 0 Å². The molecule has 0 fully saturated rings. The zero-order valence-electron chi connectivity index (χ0n) is 17.5. The van der Waals surface area contributed by atoms with Crippen molar-refractivity contribution < 1.29 is 28.6 Å². The van der Waals surface area contributed by atoms with Crippen LogP contribution in [0.25, 0.3) is 0 Å². The Morgan fingerprint density at radius 2 is 1.47 bits per heavy atom. The Labute approximate surface area is 185 Å². The number of amides is 1. The summed E-state index contributed by atoms with van der Waals surface area (Å²) in [5.41, 5.74) is 1.03. The first-order chi connectivity index (χ1) is 15.6. The van der Waals surface area contributed by atoms with Crippen LogP contribution in [0.2, 0.25) is 0 Å². The highest BCUT2D eigenvalue weighted by Gasteiger charge is 2.23. The van der Waals surface area contributed by atoms with Gasteiger partial charge in [0.25, 0.3) is 5.91 Å². The van der Waals surface area contributed by atoms with Gasteiger partial charge < -0.3 is 19.5 Å². The van der Waals surface area contributed by atoms with Gasteiger partial charge in [-0.05, 0) is 29.8 Å². The van der Waals surface area contributed by atoms with Gasteiger partial charge in [-0.25, -0.2) is 9.59 Å². The van der Waals surface area contributed by atoms with E-state index in [0.29, 0.717) is 11.5 Å². The average Bonchev–Trinajstić information content (AvgIpc) is 2.83. The van der Waals surface area contributed by atoms with E-state index in [0.717, 1.165) is 5.56 Å². The molecule has 1 amide bonds. The van der Waals surface area contributed by atoms with E-state index in [2.05, 4.69) is 5.32 Å². The third-order valence-electron chi connectivity index (χ3n) is 4.52. The minimum Gasteiger partial charge on any atom is -0.467 e. The highest BCUT2D eigenvalue weighted by atomic mass is 16.5. The number of methoxy groups -OCH3 is 1. The molecule has 0 heterocycles. The molecular formula is C25H23NO6. The predicted octanol–water partition coefficient (Wildman–Crippen LogP) is 3.54. The number of carbonyl (C=O) groups is 3. The molecule has 1 unspecified atom stereocenters. The van der Waals surface area contributed by atoms with Gasteiger partial charge in [0.05, 0.1) is 7.11 Å². The van der Waals surface area contributed by atoms with E-state index in [4.69, 9.17) is 14.2 Å². The Balaban J connectivity index is 1.60. The summed E-state index contributed by atoms with van der Waals surface area (Å²) in [6, 6.07) is 23.9. The predicted molar refractivity (Wildman–Crippen MR) is 117 cm³/mol. The van der Waals surface area contributed by atoms with Crippen molar-refractivity contribution in [3.8, 4) is 11.5 Å². The summed E-state index contributed by atoms with van der Waals surface area (Å²) >= 11 is 0. The Bertz CT molecular complexity index is 1050. The lowest BCUT2D eigenvalue weighted by Crippen LogP contribution is -2.44. The van der Waals surface area contributed by atoms with Crippen molar-refractivity contribution in [1.82, 2.24) is 5.32 Å². The number of carbonyl (C=O) groups excluding carboxylic acids is 3. The zero-order valence-corrected chi connectivity index (χ0v) is 17.5. The molecule has 0 aliphatic heterocycles. The molecule has 7 heteroatoms. The average molecular weight is 433 g/mol. The van der Waals surface area contributed by atoms with Crippen LogP contribution in [0.4, 0.5) is 0 Å². The molecule has 1 atom stereocenters. The van der Waals surface area contributed by atoms with Gasteiger partial charge in [0, 0.05) is 6.42 Å². The molecule has 0 radical (unpaired) electrons. The van der Waals surface area contributed by atoms with Crippen LogP contribution in [-0.2, 0) is 25.5 Å². The summed E-state index contributed by atoms with van der Waals surface area (Å²) in [6.45, 7) is -0.555. The molecule has 3 rings (SSSR count). The summed E-state index contributed by atoms with van der Waals surface area (Å²) in [4.78, 5) is 37.0.